The zero-order chi connectivity index (χ0) is 6.69. The number of hydrogen-bond donors (Lipinski definition) is 0. The molecule has 0 aliphatic carbocycles. The van der Waals surface area contributed by atoms with Gasteiger partial charge in [0.05, 0.1) is 0 Å². The molecule has 9 heavy (non-hydrogen) atoms. The molecule has 1 fully saturated rings. The summed E-state index contributed by atoms with van der Waals surface area (Å²) >= 11 is 0. The maximum atomic E-state index is 10.0. The molecule has 1 rings (SSSR count). The fourth-order valence-corrected chi connectivity index (χ4v) is 0.620. The summed E-state index contributed by atoms with van der Waals surface area (Å²) in [6, 6.07) is 0. The zero-order valence-corrected chi connectivity index (χ0v) is 4.65. The highest BCUT2D eigenvalue weighted by Gasteiger charge is 2.27. The van der Waals surface area contributed by atoms with E-state index in [-0.39, 0.29) is 6.79 Å². The van der Waals surface area contributed by atoms with Crippen LogP contribution in [0.25, 0.3) is 0 Å². The first-order chi connectivity index (χ1) is 4.38. The van der Waals surface area contributed by atoms with Crippen molar-refractivity contribution in [3.63, 3.8) is 0 Å². The van der Waals surface area contributed by atoms with Crippen molar-refractivity contribution in [3.8, 4) is 0 Å². The van der Waals surface area contributed by atoms with Crippen LogP contribution < -0.4 is 0 Å². The summed E-state index contributed by atoms with van der Waals surface area (Å²) in [4.78, 5) is 20.0. The first-order valence-electron chi connectivity index (χ1n) is 2.52. The van der Waals surface area contributed by atoms with E-state index >= 15 is 0 Å². The molecule has 1 heterocycles. The minimum Gasteiger partial charge on any atom is -0.341 e. The molecule has 2 unspecified atom stereocenters. The summed E-state index contributed by atoms with van der Waals surface area (Å²) in [5.41, 5.74) is 0. The molecule has 1 aliphatic rings. The standard InChI is InChI=1S/C5H6O4/c6-1-4-5(2-7)9-3-8-4/h1-2,4-5H,3H2. The lowest BCUT2D eigenvalue weighted by molar-refractivity contribution is -0.121. The van der Waals surface area contributed by atoms with Crippen molar-refractivity contribution in [2.24, 2.45) is 0 Å². The lowest BCUT2D eigenvalue weighted by atomic mass is 10.2. The second-order valence-electron chi connectivity index (χ2n) is 1.65. The van der Waals surface area contributed by atoms with E-state index in [2.05, 4.69) is 9.47 Å². The molecule has 0 saturated carbocycles. The normalized spacial score (nSPS) is 34.2. The summed E-state index contributed by atoms with van der Waals surface area (Å²) < 4.78 is 9.37. The second kappa shape index (κ2) is 2.70. The van der Waals surface area contributed by atoms with Crippen LogP contribution >= 0.6 is 0 Å². The van der Waals surface area contributed by atoms with Crippen LogP contribution in [0.2, 0.25) is 0 Å². The molecule has 0 spiro atoms. The predicted molar refractivity (Wildman–Crippen MR) is 26.7 cm³/mol. The molecular formula is C5H6O4. The summed E-state index contributed by atoms with van der Waals surface area (Å²) in [7, 11) is 0. The Morgan fingerprint density at radius 2 is 1.56 bits per heavy atom. The average Bonchev–Trinajstić information content (AvgIpc) is 2.33. The third kappa shape index (κ3) is 1.14. The first-order valence-corrected chi connectivity index (χ1v) is 2.52. The number of rotatable bonds is 2. The highest BCUT2D eigenvalue weighted by Crippen LogP contribution is 2.07. The second-order valence-corrected chi connectivity index (χ2v) is 1.65. The van der Waals surface area contributed by atoms with Crippen LogP contribution in [0.1, 0.15) is 0 Å². The van der Waals surface area contributed by atoms with E-state index in [9.17, 15) is 9.59 Å². The van der Waals surface area contributed by atoms with Crippen LogP contribution in [-0.4, -0.2) is 31.6 Å². The van der Waals surface area contributed by atoms with Gasteiger partial charge in [-0.2, -0.15) is 0 Å². The third-order valence-electron chi connectivity index (χ3n) is 1.11. The number of hydrogen-bond acceptors (Lipinski definition) is 4. The molecule has 0 aromatic carbocycles. The number of aldehydes is 2. The van der Waals surface area contributed by atoms with Crippen LogP contribution in [0.4, 0.5) is 0 Å². The van der Waals surface area contributed by atoms with Gasteiger partial charge < -0.3 is 19.1 Å². The lowest BCUT2D eigenvalue weighted by Crippen LogP contribution is -2.24. The monoisotopic (exact) mass is 130 g/mol. The van der Waals surface area contributed by atoms with Crippen LogP contribution in [0.3, 0.4) is 0 Å². The molecule has 0 bridgehead atoms. The van der Waals surface area contributed by atoms with E-state index in [4.69, 9.17) is 0 Å². The molecule has 0 radical (unpaired) electrons. The SMILES string of the molecule is O=CC1OCOC1C=O. The molecule has 50 valence electrons. The number of carbonyl (C=O) groups excluding carboxylic acids is 2. The molecule has 0 aromatic rings. The van der Waals surface area contributed by atoms with Crippen molar-refractivity contribution in [2.75, 3.05) is 6.79 Å². The summed E-state index contributed by atoms with van der Waals surface area (Å²) in [5.74, 6) is 0. The smallest absolute Gasteiger partial charge is 0.152 e. The first kappa shape index (κ1) is 6.38. The Morgan fingerprint density at radius 3 is 1.89 bits per heavy atom. The largest absolute Gasteiger partial charge is 0.341 e. The van der Waals surface area contributed by atoms with Crippen molar-refractivity contribution in [2.45, 2.75) is 12.2 Å². The third-order valence-corrected chi connectivity index (χ3v) is 1.11. The van der Waals surface area contributed by atoms with E-state index in [1.807, 2.05) is 0 Å². The maximum absolute atomic E-state index is 10.0. The van der Waals surface area contributed by atoms with Gasteiger partial charge in [0.2, 0.25) is 0 Å². The number of ether oxygens (including phenoxy) is 2. The fourth-order valence-electron chi connectivity index (χ4n) is 0.620. The molecular weight excluding hydrogens is 124 g/mol. The Labute approximate surface area is 51.7 Å². The Hall–Kier alpha value is -0.740. The average molecular weight is 130 g/mol. The van der Waals surface area contributed by atoms with Crippen molar-refractivity contribution >= 4 is 12.6 Å². The van der Waals surface area contributed by atoms with Crippen LogP contribution in [0, 0.1) is 0 Å². The van der Waals surface area contributed by atoms with Gasteiger partial charge in [-0.3, -0.25) is 0 Å². The molecule has 0 amide bonds. The Kier molecular flexibility index (Phi) is 1.92. The lowest BCUT2D eigenvalue weighted by Gasteiger charge is -1.99. The van der Waals surface area contributed by atoms with Gasteiger partial charge in [0, 0.05) is 0 Å². The van der Waals surface area contributed by atoms with Gasteiger partial charge in [0.25, 0.3) is 0 Å². The minimum atomic E-state index is -0.692. The molecule has 1 aliphatic heterocycles. The van der Waals surface area contributed by atoms with E-state index in [0.29, 0.717) is 12.6 Å². The van der Waals surface area contributed by atoms with Crippen molar-refractivity contribution in [3.05, 3.63) is 0 Å². The zero-order valence-electron chi connectivity index (χ0n) is 4.65. The molecule has 0 aromatic heterocycles. The van der Waals surface area contributed by atoms with E-state index in [1.54, 1.807) is 0 Å². The van der Waals surface area contributed by atoms with E-state index < -0.39 is 12.2 Å². The van der Waals surface area contributed by atoms with Crippen molar-refractivity contribution in [1.82, 2.24) is 0 Å². The number of carbonyl (C=O) groups is 2. The molecule has 0 N–H and O–H groups in total. The summed E-state index contributed by atoms with van der Waals surface area (Å²) in [5, 5.41) is 0. The molecule has 4 heteroatoms. The maximum Gasteiger partial charge on any atom is 0.152 e. The van der Waals surface area contributed by atoms with Crippen molar-refractivity contribution < 1.29 is 19.1 Å². The van der Waals surface area contributed by atoms with E-state index in [1.165, 1.54) is 0 Å². The van der Waals surface area contributed by atoms with Gasteiger partial charge in [-0.1, -0.05) is 0 Å². The minimum absolute atomic E-state index is 0.0345. The Balaban J connectivity index is 2.50. The van der Waals surface area contributed by atoms with Crippen LogP contribution in [-0.2, 0) is 19.1 Å². The summed E-state index contributed by atoms with van der Waals surface area (Å²) in [6.07, 6.45) is -0.261. The Bertz CT molecular complexity index is 108. The molecule has 4 nitrogen and oxygen atoms in total. The quantitative estimate of drug-likeness (QED) is 0.456. The Morgan fingerprint density at radius 1 is 1.11 bits per heavy atom. The van der Waals surface area contributed by atoms with Crippen molar-refractivity contribution in [1.29, 1.82) is 0 Å². The van der Waals surface area contributed by atoms with Gasteiger partial charge >= 0.3 is 0 Å². The highest BCUT2D eigenvalue weighted by atomic mass is 16.7. The highest BCUT2D eigenvalue weighted by molar-refractivity contribution is 5.69. The van der Waals surface area contributed by atoms with Gasteiger partial charge in [0.1, 0.15) is 19.0 Å². The van der Waals surface area contributed by atoms with E-state index in [0.717, 1.165) is 0 Å². The van der Waals surface area contributed by atoms with Gasteiger partial charge in [-0.05, 0) is 0 Å². The van der Waals surface area contributed by atoms with Gasteiger partial charge in [-0.25, -0.2) is 0 Å². The topological polar surface area (TPSA) is 52.6 Å². The van der Waals surface area contributed by atoms with Crippen LogP contribution in [0.5, 0.6) is 0 Å². The summed E-state index contributed by atoms with van der Waals surface area (Å²) in [6.45, 7) is 0.0345. The van der Waals surface area contributed by atoms with Gasteiger partial charge in [0.15, 0.2) is 12.6 Å². The molecule has 1 saturated heterocycles. The molecule has 2 atom stereocenters. The fraction of sp³-hybridized carbons (Fsp3) is 0.600. The van der Waals surface area contributed by atoms with Gasteiger partial charge in [-0.15, -0.1) is 0 Å². The predicted octanol–water partition coefficient (Wildman–Crippen LogP) is -0.874. The van der Waals surface area contributed by atoms with Crippen LogP contribution in [0.15, 0.2) is 0 Å².